The van der Waals surface area contributed by atoms with E-state index in [0.29, 0.717) is 23.8 Å². The molecule has 0 spiro atoms. The van der Waals surface area contributed by atoms with Crippen LogP contribution >= 0.6 is 0 Å². The molecule has 1 aromatic carbocycles. The fourth-order valence-corrected chi connectivity index (χ4v) is 2.39. The molecule has 5 heteroatoms. The van der Waals surface area contributed by atoms with Crippen molar-refractivity contribution in [1.29, 1.82) is 0 Å². The van der Waals surface area contributed by atoms with Crippen molar-refractivity contribution >= 4 is 11.6 Å². The van der Waals surface area contributed by atoms with Crippen LogP contribution in [0.1, 0.15) is 34.6 Å². The zero-order valence-corrected chi connectivity index (χ0v) is 12.4. The van der Waals surface area contributed by atoms with Gasteiger partial charge in [-0.25, -0.2) is 4.98 Å². The number of nitrogens with two attached hydrogens (primary N) is 1. The molecule has 1 heterocycles. The second-order valence-electron chi connectivity index (χ2n) is 5.69. The number of carbonyl (C=O) groups is 1. The number of hydrogen-bond acceptors (Lipinski definition) is 3. The number of benzene rings is 1. The zero-order valence-electron chi connectivity index (χ0n) is 12.4. The SMILES string of the molecule is Cc1ccc(C(=O)N(Cc2nccn2C)C2CC2)cc1N. The Hall–Kier alpha value is -2.30. The fourth-order valence-electron chi connectivity index (χ4n) is 2.39. The number of amides is 1. The Morgan fingerprint density at radius 3 is 2.81 bits per heavy atom. The van der Waals surface area contributed by atoms with Crippen LogP contribution in [0.5, 0.6) is 0 Å². The molecule has 2 aromatic rings. The van der Waals surface area contributed by atoms with Gasteiger partial charge in [-0.3, -0.25) is 4.79 Å². The Morgan fingerprint density at radius 1 is 1.48 bits per heavy atom. The Balaban J connectivity index is 1.85. The molecule has 1 aromatic heterocycles. The van der Waals surface area contributed by atoms with Crippen molar-refractivity contribution in [3.05, 3.63) is 47.5 Å². The van der Waals surface area contributed by atoms with Crippen molar-refractivity contribution in [3.8, 4) is 0 Å². The topological polar surface area (TPSA) is 64.2 Å². The summed E-state index contributed by atoms with van der Waals surface area (Å²) in [7, 11) is 1.95. The van der Waals surface area contributed by atoms with Crippen LogP contribution in [0.3, 0.4) is 0 Å². The van der Waals surface area contributed by atoms with E-state index in [9.17, 15) is 4.79 Å². The Morgan fingerprint density at radius 2 is 2.24 bits per heavy atom. The molecule has 0 saturated heterocycles. The molecule has 1 saturated carbocycles. The Kier molecular flexibility index (Phi) is 3.41. The molecular weight excluding hydrogens is 264 g/mol. The van der Waals surface area contributed by atoms with Crippen LogP contribution < -0.4 is 5.73 Å². The molecule has 3 rings (SSSR count). The molecule has 0 unspecified atom stereocenters. The quantitative estimate of drug-likeness (QED) is 0.875. The summed E-state index contributed by atoms with van der Waals surface area (Å²) in [4.78, 5) is 19.0. The van der Waals surface area contributed by atoms with Gasteiger partial charge in [0.2, 0.25) is 0 Å². The van der Waals surface area contributed by atoms with Crippen molar-refractivity contribution in [2.75, 3.05) is 5.73 Å². The molecule has 0 radical (unpaired) electrons. The summed E-state index contributed by atoms with van der Waals surface area (Å²) >= 11 is 0. The highest BCUT2D eigenvalue weighted by Crippen LogP contribution is 2.30. The molecule has 110 valence electrons. The molecule has 21 heavy (non-hydrogen) atoms. The lowest BCUT2D eigenvalue weighted by molar-refractivity contribution is 0.0724. The third-order valence-electron chi connectivity index (χ3n) is 4.01. The van der Waals surface area contributed by atoms with Crippen molar-refractivity contribution in [2.24, 2.45) is 7.05 Å². The fraction of sp³-hybridized carbons (Fsp3) is 0.375. The molecule has 1 fully saturated rings. The number of imidazole rings is 1. The van der Waals surface area contributed by atoms with Gasteiger partial charge in [-0.2, -0.15) is 0 Å². The van der Waals surface area contributed by atoms with Gasteiger partial charge in [0.15, 0.2) is 0 Å². The molecule has 2 N–H and O–H groups in total. The summed E-state index contributed by atoms with van der Waals surface area (Å²) in [5.74, 6) is 0.933. The first-order valence-electron chi connectivity index (χ1n) is 7.19. The molecule has 1 aliphatic carbocycles. The normalized spacial score (nSPS) is 14.2. The number of aryl methyl sites for hydroxylation is 2. The van der Waals surface area contributed by atoms with E-state index in [4.69, 9.17) is 5.73 Å². The van der Waals surface area contributed by atoms with Crippen LogP contribution in [0.15, 0.2) is 30.6 Å². The molecule has 0 aliphatic heterocycles. The number of rotatable bonds is 4. The maximum atomic E-state index is 12.8. The van der Waals surface area contributed by atoms with Crippen molar-refractivity contribution in [1.82, 2.24) is 14.5 Å². The van der Waals surface area contributed by atoms with Gasteiger partial charge in [0.25, 0.3) is 5.91 Å². The largest absolute Gasteiger partial charge is 0.398 e. The first kappa shape index (κ1) is 13.7. The van der Waals surface area contributed by atoms with E-state index < -0.39 is 0 Å². The van der Waals surface area contributed by atoms with E-state index in [-0.39, 0.29) is 5.91 Å². The number of hydrogen-bond donors (Lipinski definition) is 1. The second-order valence-corrected chi connectivity index (χ2v) is 5.69. The number of nitrogens with zero attached hydrogens (tertiary/aromatic N) is 3. The van der Waals surface area contributed by atoms with Gasteiger partial charge in [-0.05, 0) is 37.5 Å². The minimum Gasteiger partial charge on any atom is -0.398 e. The van der Waals surface area contributed by atoms with Gasteiger partial charge in [-0.1, -0.05) is 6.07 Å². The number of aromatic nitrogens is 2. The first-order chi connectivity index (χ1) is 10.1. The highest BCUT2D eigenvalue weighted by molar-refractivity contribution is 5.95. The second kappa shape index (κ2) is 5.24. The maximum absolute atomic E-state index is 12.8. The zero-order chi connectivity index (χ0) is 15.0. The highest BCUT2D eigenvalue weighted by atomic mass is 16.2. The van der Waals surface area contributed by atoms with Gasteiger partial charge in [0, 0.05) is 36.7 Å². The van der Waals surface area contributed by atoms with Crippen molar-refractivity contribution in [2.45, 2.75) is 32.4 Å². The molecule has 0 bridgehead atoms. The lowest BCUT2D eigenvalue weighted by Crippen LogP contribution is -2.33. The van der Waals surface area contributed by atoms with Gasteiger partial charge < -0.3 is 15.2 Å². The van der Waals surface area contributed by atoms with Crippen LogP contribution in [-0.2, 0) is 13.6 Å². The predicted molar refractivity (Wildman–Crippen MR) is 81.7 cm³/mol. The summed E-state index contributed by atoms with van der Waals surface area (Å²) in [6, 6.07) is 5.85. The molecule has 1 amide bonds. The van der Waals surface area contributed by atoms with Crippen LogP contribution in [0, 0.1) is 6.92 Å². The number of carbonyl (C=O) groups excluding carboxylic acids is 1. The monoisotopic (exact) mass is 284 g/mol. The number of anilines is 1. The summed E-state index contributed by atoms with van der Waals surface area (Å²) in [6.45, 7) is 2.48. The molecular formula is C16H20N4O. The van der Waals surface area contributed by atoms with Crippen LogP contribution in [-0.4, -0.2) is 26.4 Å². The van der Waals surface area contributed by atoms with Crippen LogP contribution in [0.25, 0.3) is 0 Å². The third-order valence-corrected chi connectivity index (χ3v) is 4.01. The average molecular weight is 284 g/mol. The molecule has 0 atom stereocenters. The summed E-state index contributed by atoms with van der Waals surface area (Å²) in [5, 5.41) is 0. The third kappa shape index (κ3) is 2.77. The van der Waals surface area contributed by atoms with E-state index in [1.54, 1.807) is 12.3 Å². The van der Waals surface area contributed by atoms with E-state index in [1.807, 2.05) is 41.8 Å². The van der Waals surface area contributed by atoms with Gasteiger partial charge in [-0.15, -0.1) is 0 Å². The van der Waals surface area contributed by atoms with Crippen molar-refractivity contribution < 1.29 is 4.79 Å². The van der Waals surface area contributed by atoms with E-state index in [2.05, 4.69) is 4.98 Å². The molecule has 5 nitrogen and oxygen atoms in total. The van der Waals surface area contributed by atoms with E-state index in [1.165, 1.54) is 0 Å². The van der Waals surface area contributed by atoms with Gasteiger partial charge in [0.1, 0.15) is 5.82 Å². The summed E-state index contributed by atoms with van der Waals surface area (Å²) in [6.07, 6.45) is 5.79. The highest BCUT2D eigenvalue weighted by Gasteiger charge is 2.33. The standard InChI is InChI=1S/C16H20N4O/c1-11-3-4-12(9-14(11)17)16(21)20(13-5-6-13)10-15-18-7-8-19(15)2/h3-4,7-9,13H,5-6,10,17H2,1-2H3. The van der Waals surface area contributed by atoms with Gasteiger partial charge in [0.05, 0.1) is 6.54 Å². The summed E-state index contributed by atoms with van der Waals surface area (Å²) < 4.78 is 1.95. The minimum atomic E-state index is 0.0344. The van der Waals surface area contributed by atoms with Crippen molar-refractivity contribution in [3.63, 3.8) is 0 Å². The number of nitrogen functional groups attached to an aromatic ring is 1. The van der Waals surface area contributed by atoms with E-state index in [0.717, 1.165) is 24.2 Å². The predicted octanol–water partition coefficient (Wildman–Crippen LogP) is 2.12. The maximum Gasteiger partial charge on any atom is 0.254 e. The van der Waals surface area contributed by atoms with E-state index >= 15 is 0 Å². The summed E-state index contributed by atoms with van der Waals surface area (Å²) in [5.41, 5.74) is 8.23. The first-order valence-corrected chi connectivity index (χ1v) is 7.19. The van der Waals surface area contributed by atoms with Gasteiger partial charge >= 0.3 is 0 Å². The smallest absolute Gasteiger partial charge is 0.254 e. The lowest BCUT2D eigenvalue weighted by Gasteiger charge is -2.22. The average Bonchev–Trinajstić information content (AvgIpc) is 3.22. The Bertz CT molecular complexity index is 673. The van der Waals surface area contributed by atoms with Crippen LogP contribution in [0.2, 0.25) is 0 Å². The van der Waals surface area contributed by atoms with Crippen LogP contribution in [0.4, 0.5) is 5.69 Å². The Labute approximate surface area is 124 Å². The lowest BCUT2D eigenvalue weighted by atomic mass is 10.1. The molecule has 1 aliphatic rings. The minimum absolute atomic E-state index is 0.0344.